The van der Waals surface area contributed by atoms with Gasteiger partial charge in [-0.3, -0.25) is 4.79 Å². The van der Waals surface area contributed by atoms with Crippen LogP contribution in [0.4, 0.5) is 5.69 Å². The van der Waals surface area contributed by atoms with Gasteiger partial charge in [-0.05, 0) is 47.0 Å². The number of nitrogens with one attached hydrogen (secondary N) is 1. The smallest absolute Gasteiger partial charge is 0.224 e. The fourth-order valence-electron chi connectivity index (χ4n) is 2.24. The van der Waals surface area contributed by atoms with E-state index in [-0.39, 0.29) is 5.91 Å². The molecule has 0 unspecified atom stereocenters. The highest BCUT2D eigenvalue weighted by Gasteiger charge is 2.17. The van der Waals surface area contributed by atoms with E-state index in [0.29, 0.717) is 18.0 Å². The van der Waals surface area contributed by atoms with Crippen LogP contribution in [0.15, 0.2) is 22.7 Å². The maximum Gasteiger partial charge on any atom is 0.224 e. The summed E-state index contributed by atoms with van der Waals surface area (Å²) in [6, 6.07) is 5.67. The molecule has 6 heteroatoms. The predicted molar refractivity (Wildman–Crippen MR) is 89.0 cm³/mol. The Morgan fingerprint density at radius 2 is 2.10 bits per heavy atom. The number of benzene rings is 1. The van der Waals surface area contributed by atoms with Crippen molar-refractivity contribution in [3.63, 3.8) is 0 Å². The number of hydrogen-bond donors (Lipinski definition) is 2. The molecule has 0 aliphatic carbocycles. The minimum atomic E-state index is 0.228. The van der Waals surface area contributed by atoms with Crippen LogP contribution in [0, 0.1) is 0 Å². The minimum absolute atomic E-state index is 0.228. The summed E-state index contributed by atoms with van der Waals surface area (Å²) < 4.78 is 0.899. The van der Waals surface area contributed by atoms with Crippen LogP contribution in [-0.4, -0.2) is 35.4 Å². The van der Waals surface area contributed by atoms with Gasteiger partial charge in [-0.2, -0.15) is 0 Å². The van der Waals surface area contributed by atoms with Crippen molar-refractivity contribution < 1.29 is 4.79 Å². The first-order valence-corrected chi connectivity index (χ1v) is 7.89. The maximum absolute atomic E-state index is 11.9. The second-order valence-corrected chi connectivity index (χ2v) is 6.12. The van der Waals surface area contributed by atoms with Gasteiger partial charge in [0.15, 0.2) is 0 Å². The molecule has 1 saturated heterocycles. The number of amides is 1. The molecular weight excluding hydrogens is 338 g/mol. The van der Waals surface area contributed by atoms with E-state index in [1.165, 1.54) is 0 Å². The highest BCUT2D eigenvalue weighted by atomic mass is 79.9. The number of anilines is 1. The lowest BCUT2D eigenvalue weighted by molar-refractivity contribution is -0.129. The Bertz CT molecular complexity index is 515. The quantitative estimate of drug-likeness (QED) is 0.796. The Morgan fingerprint density at radius 1 is 1.40 bits per heavy atom. The molecule has 0 aromatic heterocycles. The summed E-state index contributed by atoms with van der Waals surface area (Å²) in [7, 11) is 0. The van der Waals surface area contributed by atoms with E-state index in [9.17, 15) is 4.79 Å². The summed E-state index contributed by atoms with van der Waals surface area (Å²) in [5.41, 5.74) is 7.35. The number of nitrogens with two attached hydrogens (primary N) is 1. The summed E-state index contributed by atoms with van der Waals surface area (Å²) in [4.78, 5) is 14.2. The van der Waals surface area contributed by atoms with Crippen LogP contribution in [0.3, 0.4) is 0 Å². The fraction of sp³-hybridized carbons (Fsp3) is 0.429. The number of carbonyl (C=O) groups is 1. The summed E-state index contributed by atoms with van der Waals surface area (Å²) in [6.07, 6.45) is 2.78. The maximum atomic E-state index is 11.9. The SMILES string of the molecule is NC(=S)c1ccc(NCCC(=O)N2CCCC2)c(Br)c1. The Morgan fingerprint density at radius 3 is 2.70 bits per heavy atom. The first-order valence-electron chi connectivity index (χ1n) is 6.69. The van der Waals surface area contributed by atoms with Gasteiger partial charge in [-0.15, -0.1) is 0 Å². The van der Waals surface area contributed by atoms with Crippen LogP contribution in [-0.2, 0) is 4.79 Å². The summed E-state index contributed by atoms with van der Waals surface area (Å²) in [5, 5.41) is 3.25. The molecule has 108 valence electrons. The second-order valence-electron chi connectivity index (χ2n) is 4.82. The summed E-state index contributed by atoms with van der Waals surface area (Å²) >= 11 is 8.41. The van der Waals surface area contributed by atoms with Gasteiger partial charge in [0.2, 0.25) is 5.91 Å². The van der Waals surface area contributed by atoms with Crippen molar-refractivity contribution in [2.24, 2.45) is 5.73 Å². The highest BCUT2D eigenvalue weighted by molar-refractivity contribution is 9.10. The molecule has 0 spiro atoms. The lowest BCUT2D eigenvalue weighted by Gasteiger charge is -2.16. The van der Waals surface area contributed by atoms with Crippen molar-refractivity contribution in [1.82, 2.24) is 4.90 Å². The van der Waals surface area contributed by atoms with Gasteiger partial charge in [-0.1, -0.05) is 12.2 Å². The molecule has 20 heavy (non-hydrogen) atoms. The number of halogens is 1. The Hall–Kier alpha value is -1.14. The third kappa shape index (κ3) is 3.93. The van der Waals surface area contributed by atoms with Crippen LogP contribution >= 0.6 is 28.1 Å². The highest BCUT2D eigenvalue weighted by Crippen LogP contribution is 2.23. The number of carbonyl (C=O) groups excluding carboxylic acids is 1. The van der Waals surface area contributed by atoms with E-state index < -0.39 is 0 Å². The Kier molecular flexibility index (Phi) is 5.37. The molecule has 2 rings (SSSR count). The van der Waals surface area contributed by atoms with E-state index >= 15 is 0 Å². The van der Waals surface area contributed by atoms with Gasteiger partial charge in [0, 0.05) is 41.8 Å². The number of nitrogens with zero attached hydrogens (tertiary/aromatic N) is 1. The van der Waals surface area contributed by atoms with Crippen molar-refractivity contribution in [1.29, 1.82) is 0 Å². The van der Waals surface area contributed by atoms with Gasteiger partial charge >= 0.3 is 0 Å². The summed E-state index contributed by atoms with van der Waals surface area (Å²) in [6.45, 7) is 2.44. The second kappa shape index (κ2) is 7.04. The monoisotopic (exact) mass is 355 g/mol. The molecule has 0 atom stereocenters. The van der Waals surface area contributed by atoms with Crippen LogP contribution in [0.2, 0.25) is 0 Å². The van der Waals surface area contributed by atoms with Gasteiger partial charge in [-0.25, -0.2) is 0 Å². The average Bonchev–Trinajstić information content (AvgIpc) is 2.94. The normalized spacial score (nSPS) is 14.3. The molecule has 1 aliphatic heterocycles. The molecule has 1 amide bonds. The van der Waals surface area contributed by atoms with Crippen LogP contribution in [0.1, 0.15) is 24.8 Å². The standard InChI is InChI=1S/C14H18BrN3OS/c15-11-9-10(14(16)20)3-4-12(11)17-6-5-13(19)18-7-1-2-8-18/h3-4,9,17H,1-2,5-8H2,(H2,16,20). The molecule has 0 saturated carbocycles. The number of hydrogen-bond acceptors (Lipinski definition) is 3. The van der Waals surface area contributed by atoms with Crippen molar-refractivity contribution in [2.75, 3.05) is 25.0 Å². The topological polar surface area (TPSA) is 58.4 Å². The van der Waals surface area contributed by atoms with E-state index in [2.05, 4.69) is 21.2 Å². The molecule has 1 aliphatic rings. The van der Waals surface area contributed by atoms with Gasteiger partial charge < -0.3 is 16.0 Å². The zero-order valence-electron chi connectivity index (χ0n) is 11.2. The van der Waals surface area contributed by atoms with Crippen molar-refractivity contribution in [2.45, 2.75) is 19.3 Å². The van der Waals surface area contributed by atoms with Gasteiger partial charge in [0.1, 0.15) is 4.99 Å². The molecular formula is C14H18BrN3OS. The lowest BCUT2D eigenvalue weighted by Crippen LogP contribution is -2.29. The first kappa shape index (κ1) is 15.3. The molecule has 3 N–H and O–H groups in total. The van der Waals surface area contributed by atoms with Crippen molar-refractivity contribution in [3.8, 4) is 0 Å². The largest absolute Gasteiger partial charge is 0.389 e. The number of likely N-dealkylation sites (tertiary alicyclic amines) is 1. The van der Waals surface area contributed by atoms with E-state index in [0.717, 1.165) is 41.7 Å². The first-order chi connectivity index (χ1) is 9.58. The van der Waals surface area contributed by atoms with Crippen molar-refractivity contribution >= 4 is 44.7 Å². The molecule has 1 heterocycles. The number of thiocarbonyl (C=S) groups is 1. The minimum Gasteiger partial charge on any atom is -0.389 e. The average molecular weight is 356 g/mol. The van der Waals surface area contributed by atoms with Crippen LogP contribution in [0.5, 0.6) is 0 Å². The zero-order chi connectivity index (χ0) is 14.5. The Balaban J connectivity index is 1.84. The van der Waals surface area contributed by atoms with Crippen LogP contribution < -0.4 is 11.1 Å². The molecule has 0 radical (unpaired) electrons. The fourth-order valence-corrected chi connectivity index (χ4v) is 2.89. The van der Waals surface area contributed by atoms with Crippen molar-refractivity contribution in [3.05, 3.63) is 28.2 Å². The van der Waals surface area contributed by atoms with Gasteiger partial charge in [0.25, 0.3) is 0 Å². The molecule has 1 aromatic carbocycles. The Labute approximate surface area is 132 Å². The lowest BCUT2D eigenvalue weighted by atomic mass is 10.2. The van der Waals surface area contributed by atoms with Crippen LogP contribution in [0.25, 0.3) is 0 Å². The number of rotatable bonds is 5. The zero-order valence-corrected chi connectivity index (χ0v) is 13.6. The summed E-state index contributed by atoms with van der Waals surface area (Å²) in [5.74, 6) is 0.228. The van der Waals surface area contributed by atoms with E-state index in [1.807, 2.05) is 23.1 Å². The molecule has 1 fully saturated rings. The molecule has 0 bridgehead atoms. The molecule has 1 aromatic rings. The van der Waals surface area contributed by atoms with E-state index in [1.54, 1.807) is 0 Å². The van der Waals surface area contributed by atoms with Gasteiger partial charge in [0.05, 0.1) is 0 Å². The predicted octanol–water partition coefficient (Wildman–Crippen LogP) is 2.51. The third-order valence-electron chi connectivity index (χ3n) is 3.37. The van der Waals surface area contributed by atoms with E-state index in [4.69, 9.17) is 18.0 Å². The third-order valence-corrected chi connectivity index (χ3v) is 4.26. The molecule has 4 nitrogen and oxygen atoms in total.